The lowest BCUT2D eigenvalue weighted by Crippen LogP contribution is -2.28. The lowest BCUT2D eigenvalue weighted by atomic mass is 9.92. The van der Waals surface area contributed by atoms with Crippen molar-refractivity contribution in [2.45, 2.75) is 19.4 Å². The number of ether oxygens (including phenoxy) is 10. The second kappa shape index (κ2) is 24.4. The van der Waals surface area contributed by atoms with Gasteiger partial charge in [-0.15, -0.1) is 0 Å². The first kappa shape index (κ1) is 40.7. The van der Waals surface area contributed by atoms with Gasteiger partial charge in [0.2, 0.25) is 0 Å². The van der Waals surface area contributed by atoms with E-state index in [-0.39, 0.29) is 18.8 Å². The summed E-state index contributed by atoms with van der Waals surface area (Å²) < 4.78 is 54.1. The van der Waals surface area contributed by atoms with Crippen LogP contribution in [0, 0.1) is 6.92 Å². The third-order valence-electron chi connectivity index (χ3n) is 7.50. The summed E-state index contributed by atoms with van der Waals surface area (Å²) in [5, 5.41) is 11.4. The molecule has 0 amide bonds. The summed E-state index contributed by atoms with van der Waals surface area (Å²) in [5.41, 5.74) is 2.91. The Labute approximate surface area is 290 Å². The first-order valence-corrected chi connectivity index (χ1v) is 16.9. The predicted molar refractivity (Wildman–Crippen MR) is 183 cm³/mol. The van der Waals surface area contributed by atoms with Crippen LogP contribution < -0.4 is 0 Å². The number of methoxy groups -OCH3 is 1. The van der Waals surface area contributed by atoms with E-state index in [0.29, 0.717) is 117 Å². The van der Waals surface area contributed by atoms with E-state index in [1.54, 1.807) is 14.0 Å². The Bertz CT molecular complexity index is 1210. The predicted octanol–water partition coefficient (Wildman–Crippen LogP) is 3.34. The molecule has 0 saturated heterocycles. The van der Waals surface area contributed by atoms with Gasteiger partial charge in [-0.3, -0.25) is 0 Å². The van der Waals surface area contributed by atoms with Crippen molar-refractivity contribution in [3.63, 3.8) is 0 Å². The highest BCUT2D eigenvalue weighted by Gasteiger charge is 2.44. The number of benzene rings is 2. The highest BCUT2D eigenvalue weighted by atomic mass is 16.6. The molecule has 2 aromatic carbocycles. The minimum Gasteiger partial charge on any atom is -0.460 e. The molecule has 274 valence electrons. The number of rotatable bonds is 29. The molecular formula is C37H54O12. The fourth-order valence-electron chi connectivity index (χ4n) is 5.01. The third-order valence-corrected chi connectivity index (χ3v) is 7.50. The number of carbonyl (C=O) groups excluding carboxylic acids is 1. The third kappa shape index (κ3) is 14.9. The molecule has 0 bridgehead atoms. The van der Waals surface area contributed by atoms with Crippen LogP contribution in [0.2, 0.25) is 0 Å². The maximum absolute atomic E-state index is 13.3. The van der Waals surface area contributed by atoms with Crippen molar-refractivity contribution < 1.29 is 57.3 Å². The number of aliphatic hydroxyl groups is 1. The van der Waals surface area contributed by atoms with Crippen LogP contribution in [0.4, 0.5) is 0 Å². The van der Waals surface area contributed by atoms with Crippen molar-refractivity contribution >= 4 is 11.5 Å². The van der Waals surface area contributed by atoms with Crippen LogP contribution in [-0.2, 0) is 57.8 Å². The Hall–Kier alpha value is -2.75. The normalized spacial score (nSPS) is 15.6. The van der Waals surface area contributed by atoms with Crippen LogP contribution in [0.3, 0.4) is 0 Å². The van der Waals surface area contributed by atoms with Gasteiger partial charge in [-0.1, -0.05) is 54.1 Å². The molecule has 0 saturated carbocycles. The summed E-state index contributed by atoms with van der Waals surface area (Å²) in [4.78, 5) is 13.3. The van der Waals surface area contributed by atoms with Crippen LogP contribution in [0.15, 0.2) is 54.1 Å². The van der Waals surface area contributed by atoms with Crippen molar-refractivity contribution in [3.8, 4) is 0 Å². The Kier molecular flexibility index (Phi) is 20.3. The van der Waals surface area contributed by atoms with Gasteiger partial charge in [-0.25, -0.2) is 4.79 Å². The Morgan fingerprint density at radius 2 is 0.959 bits per heavy atom. The molecule has 0 radical (unpaired) electrons. The van der Waals surface area contributed by atoms with E-state index >= 15 is 0 Å². The van der Waals surface area contributed by atoms with Gasteiger partial charge in [0, 0.05) is 12.7 Å². The maximum Gasteiger partial charge on any atom is 0.338 e. The SMILES string of the molecule is COCCOCCOCCOCCOCCOCCOCCOCCOCCOC(=O)C1=C(c2ccc(C)cc2)c2ccccc2C1(C)O. The molecule has 2 aromatic rings. The molecule has 49 heavy (non-hydrogen) atoms. The van der Waals surface area contributed by atoms with Crippen LogP contribution in [0.5, 0.6) is 0 Å². The van der Waals surface area contributed by atoms with Gasteiger partial charge in [0.15, 0.2) is 0 Å². The average molecular weight is 691 g/mol. The van der Waals surface area contributed by atoms with Crippen molar-refractivity contribution in [3.05, 3.63) is 76.4 Å². The molecule has 12 heteroatoms. The molecule has 0 aliphatic heterocycles. The fraction of sp³-hybridized carbons (Fsp3) is 0.595. The number of esters is 1. The zero-order valence-corrected chi connectivity index (χ0v) is 29.3. The number of hydrogen-bond acceptors (Lipinski definition) is 12. The molecule has 1 aliphatic rings. The standard InChI is InChI=1S/C37H54O12/c1-30-8-10-31(11-9-30)34-32-6-4-5-7-33(32)37(2,39)35(34)36(38)49-29-28-48-27-26-47-25-24-46-23-22-45-21-20-44-19-18-43-17-16-42-15-14-41-13-12-40-3/h4-11,39H,12-29H2,1-3H3. The molecule has 1 N–H and O–H groups in total. The zero-order valence-electron chi connectivity index (χ0n) is 29.3. The molecule has 3 rings (SSSR count). The van der Waals surface area contributed by atoms with E-state index in [1.807, 2.05) is 55.5 Å². The van der Waals surface area contributed by atoms with Gasteiger partial charge in [0.1, 0.15) is 12.2 Å². The second-order valence-corrected chi connectivity index (χ2v) is 11.3. The van der Waals surface area contributed by atoms with E-state index < -0.39 is 11.6 Å². The monoisotopic (exact) mass is 690 g/mol. The smallest absolute Gasteiger partial charge is 0.338 e. The molecule has 1 unspecified atom stereocenters. The summed E-state index contributed by atoms with van der Waals surface area (Å²) in [5.74, 6) is -0.565. The molecule has 1 aliphatic carbocycles. The van der Waals surface area contributed by atoms with Gasteiger partial charge in [0.05, 0.1) is 118 Å². The lowest BCUT2D eigenvalue weighted by molar-refractivity contribution is -0.143. The van der Waals surface area contributed by atoms with E-state index in [9.17, 15) is 9.90 Å². The Balaban J connectivity index is 1.12. The first-order chi connectivity index (χ1) is 24.0. The van der Waals surface area contributed by atoms with E-state index in [1.165, 1.54) is 0 Å². The van der Waals surface area contributed by atoms with Gasteiger partial charge < -0.3 is 52.5 Å². The highest BCUT2D eigenvalue weighted by molar-refractivity contribution is 6.07. The van der Waals surface area contributed by atoms with E-state index in [2.05, 4.69) is 0 Å². The topological polar surface area (TPSA) is 130 Å². The number of fused-ring (bicyclic) bond motifs is 1. The average Bonchev–Trinajstić information content (AvgIpc) is 3.34. The summed E-state index contributed by atoms with van der Waals surface area (Å²) in [6.07, 6.45) is 0. The second-order valence-electron chi connectivity index (χ2n) is 11.3. The summed E-state index contributed by atoms with van der Waals surface area (Å²) in [6, 6.07) is 15.4. The van der Waals surface area contributed by atoms with Crippen molar-refractivity contribution in [1.29, 1.82) is 0 Å². The van der Waals surface area contributed by atoms with E-state index in [0.717, 1.165) is 16.7 Å². The Morgan fingerprint density at radius 1 is 0.571 bits per heavy atom. The summed E-state index contributed by atoms with van der Waals surface area (Å²) in [7, 11) is 1.64. The first-order valence-electron chi connectivity index (χ1n) is 16.9. The van der Waals surface area contributed by atoms with Gasteiger partial charge in [0.25, 0.3) is 0 Å². The number of aryl methyl sites for hydroxylation is 1. The van der Waals surface area contributed by atoms with Gasteiger partial charge >= 0.3 is 5.97 Å². The van der Waals surface area contributed by atoms with E-state index in [4.69, 9.17) is 47.4 Å². The maximum atomic E-state index is 13.3. The molecule has 0 spiro atoms. The zero-order chi connectivity index (χ0) is 35.0. The molecule has 0 heterocycles. The van der Waals surface area contributed by atoms with Gasteiger partial charge in [-0.05, 0) is 30.5 Å². The quantitative estimate of drug-likeness (QED) is 0.0993. The van der Waals surface area contributed by atoms with Crippen LogP contribution in [0.1, 0.15) is 29.2 Å². The number of hydrogen-bond donors (Lipinski definition) is 1. The highest BCUT2D eigenvalue weighted by Crippen LogP contribution is 2.47. The van der Waals surface area contributed by atoms with Crippen LogP contribution in [-0.4, -0.2) is 137 Å². The fourth-order valence-corrected chi connectivity index (χ4v) is 5.01. The van der Waals surface area contributed by atoms with Crippen LogP contribution in [0.25, 0.3) is 5.57 Å². The Morgan fingerprint density at radius 3 is 1.39 bits per heavy atom. The lowest BCUT2D eigenvalue weighted by Gasteiger charge is -2.22. The number of carbonyl (C=O) groups is 1. The summed E-state index contributed by atoms with van der Waals surface area (Å²) in [6.45, 7) is 11.7. The van der Waals surface area contributed by atoms with Crippen LogP contribution >= 0.6 is 0 Å². The molecular weight excluding hydrogens is 636 g/mol. The molecule has 1 atom stereocenters. The minimum atomic E-state index is -1.47. The van der Waals surface area contributed by atoms with Crippen molar-refractivity contribution in [1.82, 2.24) is 0 Å². The van der Waals surface area contributed by atoms with Gasteiger partial charge in [-0.2, -0.15) is 0 Å². The summed E-state index contributed by atoms with van der Waals surface area (Å²) >= 11 is 0. The van der Waals surface area contributed by atoms with Crippen molar-refractivity contribution in [2.24, 2.45) is 0 Å². The molecule has 0 fully saturated rings. The molecule has 12 nitrogen and oxygen atoms in total. The molecule has 0 aromatic heterocycles. The minimum absolute atomic E-state index is 0.0559. The van der Waals surface area contributed by atoms with Crippen molar-refractivity contribution in [2.75, 3.05) is 126 Å². The largest absolute Gasteiger partial charge is 0.460 e.